The van der Waals surface area contributed by atoms with Crippen molar-refractivity contribution in [3.8, 4) is 0 Å². The van der Waals surface area contributed by atoms with E-state index in [1.165, 1.54) is 19.8 Å². The highest BCUT2D eigenvalue weighted by Crippen LogP contribution is 2.65. The molecule has 0 aliphatic heterocycles. The number of nitrogens with one attached hydrogen (secondary N) is 2. The van der Waals surface area contributed by atoms with Gasteiger partial charge in [-0.2, -0.15) is 0 Å². The summed E-state index contributed by atoms with van der Waals surface area (Å²) in [5.74, 6) is 1.62. The van der Waals surface area contributed by atoms with Crippen LogP contribution >= 0.6 is 0 Å². The fraction of sp³-hybridized carbons (Fsp3) is 0.870. The Labute approximate surface area is 185 Å². The predicted molar refractivity (Wildman–Crippen MR) is 120 cm³/mol. The van der Waals surface area contributed by atoms with Crippen LogP contribution in [0.4, 0.5) is 0 Å². The van der Waals surface area contributed by atoms with Gasteiger partial charge in [-0.05, 0) is 107 Å². The third-order valence-electron chi connectivity index (χ3n) is 7.88. The lowest BCUT2D eigenvalue weighted by molar-refractivity contribution is -0.132. The number of carbonyl (C=O) groups is 3. The van der Waals surface area contributed by atoms with E-state index in [1.54, 1.807) is 0 Å². The van der Waals surface area contributed by atoms with Gasteiger partial charge in [0.1, 0.15) is 6.04 Å². The maximum absolute atomic E-state index is 13.3. The van der Waals surface area contributed by atoms with Gasteiger partial charge >= 0.3 is 0 Å². The summed E-state index contributed by atoms with van der Waals surface area (Å²) in [6, 6.07) is -1.93. The number of nitrogens with two attached hydrogens (primary N) is 3. The topological polar surface area (TPSA) is 153 Å². The first-order valence-electron chi connectivity index (χ1n) is 12.0. The third kappa shape index (κ3) is 5.84. The Hall–Kier alpha value is -1.51. The Morgan fingerprint density at radius 3 is 2.03 bits per heavy atom. The molecule has 4 rings (SSSR count). The highest BCUT2D eigenvalue weighted by Gasteiger charge is 2.56. The van der Waals surface area contributed by atoms with E-state index >= 15 is 0 Å². The van der Waals surface area contributed by atoms with Gasteiger partial charge < -0.3 is 27.8 Å². The molecule has 8 nitrogen and oxygen atoms in total. The summed E-state index contributed by atoms with van der Waals surface area (Å²) in [6.45, 7) is 2.41. The molecule has 5 atom stereocenters. The van der Waals surface area contributed by atoms with Crippen molar-refractivity contribution >= 4 is 17.6 Å². The van der Waals surface area contributed by atoms with Gasteiger partial charge in [-0.1, -0.05) is 0 Å². The van der Waals surface area contributed by atoms with E-state index in [0.29, 0.717) is 45.2 Å². The molecule has 0 aromatic rings. The fourth-order valence-corrected chi connectivity index (χ4v) is 6.59. The highest BCUT2D eigenvalue weighted by atomic mass is 16.2. The molecule has 4 aliphatic rings. The van der Waals surface area contributed by atoms with Crippen LogP contribution in [0.15, 0.2) is 0 Å². The molecule has 8 heteroatoms. The van der Waals surface area contributed by atoms with Crippen molar-refractivity contribution in [2.75, 3.05) is 13.1 Å². The van der Waals surface area contributed by atoms with Crippen LogP contribution in [-0.2, 0) is 14.4 Å². The summed E-state index contributed by atoms with van der Waals surface area (Å²) >= 11 is 0. The fourth-order valence-electron chi connectivity index (χ4n) is 6.59. The molecule has 4 fully saturated rings. The molecule has 31 heavy (non-hydrogen) atoms. The zero-order valence-corrected chi connectivity index (χ0v) is 18.9. The average Bonchev–Trinajstić information content (AvgIpc) is 3.14. The summed E-state index contributed by atoms with van der Waals surface area (Å²) in [7, 11) is 0. The monoisotopic (exact) mass is 435 g/mol. The summed E-state index contributed by atoms with van der Waals surface area (Å²) in [4.78, 5) is 38.0. The minimum atomic E-state index is -0.687. The van der Waals surface area contributed by atoms with Crippen molar-refractivity contribution in [1.29, 1.82) is 0 Å². The predicted octanol–water partition coefficient (Wildman–Crippen LogP) is 0.567. The van der Waals surface area contributed by atoms with Gasteiger partial charge in [-0.15, -0.1) is 0 Å². The van der Waals surface area contributed by atoms with Gasteiger partial charge in [0, 0.05) is 0 Å². The number of hydrogen-bond acceptors (Lipinski definition) is 6. The van der Waals surface area contributed by atoms with Gasteiger partial charge in [0.25, 0.3) is 0 Å². The average molecular weight is 436 g/mol. The van der Waals surface area contributed by atoms with Crippen LogP contribution in [0.25, 0.3) is 0 Å². The largest absolute Gasteiger partial charge is 0.345 e. The Morgan fingerprint density at radius 1 is 0.903 bits per heavy atom. The lowest BCUT2D eigenvalue weighted by Crippen LogP contribution is -2.56. The van der Waals surface area contributed by atoms with Crippen LogP contribution in [0, 0.1) is 23.2 Å². The molecule has 4 aliphatic carbocycles. The van der Waals surface area contributed by atoms with Crippen LogP contribution in [0.3, 0.4) is 0 Å². The molecule has 2 unspecified atom stereocenters. The van der Waals surface area contributed by atoms with Crippen molar-refractivity contribution in [2.45, 2.75) is 89.3 Å². The van der Waals surface area contributed by atoms with Crippen molar-refractivity contribution < 1.29 is 14.4 Å². The summed E-state index contributed by atoms with van der Waals surface area (Å²) in [6.07, 6.45) is 9.02. The molecule has 0 aromatic heterocycles. The van der Waals surface area contributed by atoms with Gasteiger partial charge in [0.05, 0.1) is 12.1 Å². The van der Waals surface area contributed by atoms with Gasteiger partial charge in [0.15, 0.2) is 5.78 Å². The summed E-state index contributed by atoms with van der Waals surface area (Å²) in [5, 5.41) is 5.81. The van der Waals surface area contributed by atoms with Crippen molar-refractivity contribution in [1.82, 2.24) is 10.6 Å². The van der Waals surface area contributed by atoms with Crippen LogP contribution in [0.5, 0.6) is 0 Å². The van der Waals surface area contributed by atoms with E-state index < -0.39 is 18.1 Å². The molecule has 176 valence electrons. The second kappa shape index (κ2) is 10.4. The molecule has 0 aromatic carbocycles. The smallest absolute Gasteiger partial charge is 0.243 e. The van der Waals surface area contributed by atoms with E-state index in [-0.39, 0.29) is 23.0 Å². The van der Waals surface area contributed by atoms with E-state index in [1.807, 2.05) is 0 Å². The third-order valence-corrected chi connectivity index (χ3v) is 7.88. The molecule has 2 amide bonds. The first kappa shape index (κ1) is 24.1. The molecule has 0 saturated heterocycles. The summed E-state index contributed by atoms with van der Waals surface area (Å²) in [5.41, 5.74) is 17.3. The minimum absolute atomic E-state index is 0.0930. The van der Waals surface area contributed by atoms with Gasteiger partial charge in [-0.25, -0.2) is 0 Å². The number of Topliss-reactive ketones (excluding diaryl/α,β-unsaturated/α-hetero) is 1. The molecular weight excluding hydrogens is 394 g/mol. The second-order valence-corrected chi connectivity index (χ2v) is 10.4. The number of ketones is 1. The number of amides is 2. The maximum atomic E-state index is 13.3. The summed E-state index contributed by atoms with van der Waals surface area (Å²) < 4.78 is 0. The van der Waals surface area contributed by atoms with Crippen molar-refractivity contribution in [3.05, 3.63) is 0 Å². The molecule has 0 radical (unpaired) electrons. The number of rotatable bonds is 13. The standard InChI is InChI=1S/C23H41N5O3/c1-14(29)19(5-3-7-25)27-22(31)20(28-21(30)18(26)4-2-6-24)13-23-10-15-8-16(11-23)17(9-15)12-23/h15-20H,2-13,24-26H2,1H3,(H,27,31)(H,28,30)/t15?,16?,17?,18-,19-,20-,23?/m0/s1. The van der Waals surface area contributed by atoms with E-state index in [0.717, 1.165) is 37.0 Å². The van der Waals surface area contributed by atoms with Crippen LogP contribution in [0.1, 0.15) is 71.1 Å². The Bertz CT molecular complexity index is 650. The minimum Gasteiger partial charge on any atom is -0.345 e. The number of carbonyl (C=O) groups excluding carboxylic acids is 3. The van der Waals surface area contributed by atoms with Gasteiger partial charge in [-0.3, -0.25) is 14.4 Å². The van der Waals surface area contributed by atoms with Crippen LogP contribution in [0.2, 0.25) is 0 Å². The molecule has 8 N–H and O–H groups in total. The van der Waals surface area contributed by atoms with E-state index in [2.05, 4.69) is 10.6 Å². The Morgan fingerprint density at radius 2 is 1.48 bits per heavy atom. The quantitative estimate of drug-likeness (QED) is 0.285. The lowest BCUT2D eigenvalue weighted by atomic mass is 9.66. The molecule has 0 heterocycles. The number of hydrogen-bond donors (Lipinski definition) is 5. The van der Waals surface area contributed by atoms with E-state index in [4.69, 9.17) is 17.2 Å². The first-order valence-corrected chi connectivity index (χ1v) is 12.0. The normalized spacial score (nSPS) is 31.3. The zero-order valence-electron chi connectivity index (χ0n) is 18.9. The SMILES string of the molecule is CC(=O)[C@H](CCCN)NC(=O)[C@H](CC12CC3CC(C1)C(C3)C2)NC(=O)[C@@H](N)CCCN. The molecule has 4 saturated carbocycles. The molecule has 0 spiro atoms. The molecule has 4 bridgehead atoms. The van der Waals surface area contributed by atoms with Crippen LogP contribution < -0.4 is 27.8 Å². The second-order valence-electron chi connectivity index (χ2n) is 10.4. The van der Waals surface area contributed by atoms with Crippen molar-refractivity contribution in [3.63, 3.8) is 0 Å². The highest BCUT2D eigenvalue weighted by molar-refractivity contribution is 5.93. The Balaban J connectivity index is 1.70. The lowest BCUT2D eigenvalue weighted by Gasteiger charge is -2.40. The zero-order chi connectivity index (χ0) is 22.6. The maximum Gasteiger partial charge on any atom is 0.243 e. The van der Waals surface area contributed by atoms with Crippen LogP contribution in [-0.4, -0.2) is 48.8 Å². The van der Waals surface area contributed by atoms with Crippen molar-refractivity contribution in [2.24, 2.45) is 40.4 Å². The Kier molecular flexibility index (Phi) is 8.10. The molecular formula is C23H41N5O3. The first-order chi connectivity index (χ1) is 14.8. The van der Waals surface area contributed by atoms with E-state index in [9.17, 15) is 14.4 Å². The van der Waals surface area contributed by atoms with Gasteiger partial charge in [0.2, 0.25) is 11.8 Å².